The lowest BCUT2D eigenvalue weighted by atomic mass is 10.0. The SMILES string of the molecule is O=C(CCC(=O)c1cccs1)NC[C@H](O)c1ccccc1C(F)(F)F. The summed E-state index contributed by atoms with van der Waals surface area (Å²) < 4.78 is 38.8. The molecular weight excluding hydrogens is 355 g/mol. The van der Waals surface area contributed by atoms with Crippen LogP contribution in [0.5, 0.6) is 0 Å². The molecule has 0 fully saturated rings. The number of halogens is 3. The number of Topliss-reactive ketones (excluding diaryl/α,β-unsaturated/α-hetero) is 1. The summed E-state index contributed by atoms with van der Waals surface area (Å²) in [6.45, 7) is -0.362. The number of alkyl halides is 3. The summed E-state index contributed by atoms with van der Waals surface area (Å²) in [6, 6.07) is 8.04. The zero-order valence-electron chi connectivity index (χ0n) is 13.0. The van der Waals surface area contributed by atoms with E-state index in [0.717, 1.165) is 6.07 Å². The zero-order valence-corrected chi connectivity index (χ0v) is 13.9. The van der Waals surface area contributed by atoms with E-state index in [2.05, 4.69) is 5.32 Å². The smallest absolute Gasteiger partial charge is 0.387 e. The standard InChI is InChI=1S/C17H16F3NO3S/c18-17(19,20)12-5-2-1-4-11(12)14(23)10-21-16(24)8-7-13(22)15-6-3-9-25-15/h1-6,9,14,23H,7-8,10H2,(H,21,24)/t14-/m0/s1. The Labute approximate surface area is 146 Å². The van der Waals surface area contributed by atoms with Crippen LogP contribution in [0, 0.1) is 0 Å². The van der Waals surface area contributed by atoms with Gasteiger partial charge in [0.05, 0.1) is 16.5 Å². The van der Waals surface area contributed by atoms with E-state index in [1.54, 1.807) is 17.5 Å². The molecule has 0 saturated heterocycles. The highest BCUT2D eigenvalue weighted by Gasteiger charge is 2.34. The van der Waals surface area contributed by atoms with Gasteiger partial charge in [-0.2, -0.15) is 13.2 Å². The second-order valence-electron chi connectivity index (χ2n) is 5.31. The van der Waals surface area contributed by atoms with E-state index < -0.39 is 23.8 Å². The van der Waals surface area contributed by atoms with Crippen molar-refractivity contribution in [3.8, 4) is 0 Å². The maximum Gasteiger partial charge on any atom is 0.416 e. The molecule has 1 aromatic heterocycles. The third-order valence-electron chi connectivity index (χ3n) is 3.49. The van der Waals surface area contributed by atoms with Gasteiger partial charge >= 0.3 is 6.18 Å². The molecule has 0 saturated carbocycles. The van der Waals surface area contributed by atoms with Crippen molar-refractivity contribution in [2.75, 3.05) is 6.54 Å². The lowest BCUT2D eigenvalue weighted by molar-refractivity contribution is -0.139. The summed E-state index contributed by atoms with van der Waals surface area (Å²) in [5.41, 5.74) is -1.24. The number of aliphatic hydroxyl groups excluding tert-OH is 1. The lowest BCUT2D eigenvalue weighted by Gasteiger charge is -2.17. The Hall–Kier alpha value is -2.19. The predicted octanol–water partition coefficient (Wildman–Crippen LogP) is 3.58. The number of nitrogens with one attached hydrogen (secondary N) is 1. The second kappa shape index (κ2) is 8.26. The molecule has 1 aromatic carbocycles. The van der Waals surface area contributed by atoms with Crippen LogP contribution in [0.2, 0.25) is 0 Å². The van der Waals surface area contributed by atoms with Crippen molar-refractivity contribution in [3.63, 3.8) is 0 Å². The summed E-state index contributed by atoms with van der Waals surface area (Å²) in [6.07, 6.45) is -6.17. The van der Waals surface area contributed by atoms with Gasteiger partial charge in [-0.3, -0.25) is 9.59 Å². The van der Waals surface area contributed by atoms with Gasteiger partial charge in [0.2, 0.25) is 5.91 Å². The quantitative estimate of drug-likeness (QED) is 0.731. The minimum atomic E-state index is -4.59. The van der Waals surface area contributed by atoms with E-state index in [4.69, 9.17) is 0 Å². The normalized spacial score (nSPS) is 12.6. The molecule has 2 aromatic rings. The summed E-state index contributed by atoms with van der Waals surface area (Å²) >= 11 is 1.27. The Bertz CT molecular complexity index is 729. The highest BCUT2D eigenvalue weighted by Crippen LogP contribution is 2.34. The van der Waals surface area contributed by atoms with Gasteiger partial charge < -0.3 is 10.4 Å². The van der Waals surface area contributed by atoms with Crippen molar-refractivity contribution in [2.45, 2.75) is 25.1 Å². The van der Waals surface area contributed by atoms with E-state index in [1.807, 2.05) is 0 Å². The van der Waals surface area contributed by atoms with Crippen molar-refractivity contribution >= 4 is 23.0 Å². The second-order valence-corrected chi connectivity index (χ2v) is 6.25. The summed E-state index contributed by atoms with van der Waals surface area (Å²) in [4.78, 5) is 24.1. The zero-order chi connectivity index (χ0) is 18.4. The number of hydrogen-bond acceptors (Lipinski definition) is 4. The molecular formula is C17H16F3NO3S. The molecule has 134 valence electrons. The lowest BCUT2D eigenvalue weighted by Crippen LogP contribution is -2.29. The number of thiophene rings is 1. The molecule has 4 nitrogen and oxygen atoms in total. The first-order valence-electron chi connectivity index (χ1n) is 7.46. The Morgan fingerprint density at radius 2 is 1.84 bits per heavy atom. The number of ketones is 1. The van der Waals surface area contributed by atoms with Crippen molar-refractivity contribution in [1.29, 1.82) is 0 Å². The molecule has 0 aliphatic heterocycles. The van der Waals surface area contributed by atoms with Crippen molar-refractivity contribution in [2.24, 2.45) is 0 Å². The van der Waals surface area contributed by atoms with Crippen molar-refractivity contribution < 1.29 is 27.9 Å². The molecule has 2 rings (SSSR count). The van der Waals surface area contributed by atoms with E-state index in [-0.39, 0.29) is 30.7 Å². The first-order chi connectivity index (χ1) is 11.8. The molecule has 8 heteroatoms. The first kappa shape index (κ1) is 19.1. The molecule has 0 aliphatic rings. The van der Waals surface area contributed by atoms with Gasteiger partial charge in [0.15, 0.2) is 5.78 Å². The van der Waals surface area contributed by atoms with E-state index in [0.29, 0.717) is 4.88 Å². The average molecular weight is 371 g/mol. The molecule has 0 aliphatic carbocycles. The number of carbonyl (C=O) groups excluding carboxylic acids is 2. The van der Waals surface area contributed by atoms with E-state index in [9.17, 15) is 27.9 Å². The minimum absolute atomic E-state index is 0.00157. The van der Waals surface area contributed by atoms with Crippen LogP contribution in [-0.2, 0) is 11.0 Å². The fourth-order valence-electron chi connectivity index (χ4n) is 2.24. The molecule has 1 heterocycles. The topological polar surface area (TPSA) is 66.4 Å². The molecule has 0 radical (unpaired) electrons. The summed E-state index contributed by atoms with van der Waals surface area (Å²) in [5.74, 6) is -0.679. The molecule has 1 atom stereocenters. The summed E-state index contributed by atoms with van der Waals surface area (Å²) in [7, 11) is 0. The minimum Gasteiger partial charge on any atom is -0.387 e. The molecule has 2 N–H and O–H groups in total. The third kappa shape index (κ3) is 5.40. The van der Waals surface area contributed by atoms with E-state index in [1.165, 1.54) is 29.5 Å². The number of aliphatic hydroxyl groups is 1. The number of hydrogen-bond donors (Lipinski definition) is 2. The maximum atomic E-state index is 12.9. The largest absolute Gasteiger partial charge is 0.416 e. The van der Waals surface area contributed by atoms with Crippen LogP contribution in [0.25, 0.3) is 0 Å². The number of carbonyl (C=O) groups is 2. The predicted molar refractivity (Wildman–Crippen MR) is 87.3 cm³/mol. The molecule has 1 amide bonds. The van der Waals surface area contributed by atoms with Crippen LogP contribution in [0.1, 0.15) is 39.7 Å². The fourth-order valence-corrected chi connectivity index (χ4v) is 2.94. The molecule has 0 spiro atoms. The van der Waals surface area contributed by atoms with Crippen LogP contribution >= 0.6 is 11.3 Å². The van der Waals surface area contributed by atoms with Gasteiger partial charge in [-0.25, -0.2) is 0 Å². The van der Waals surface area contributed by atoms with Gasteiger partial charge in [-0.1, -0.05) is 24.3 Å². The van der Waals surface area contributed by atoms with Gasteiger partial charge in [0.1, 0.15) is 0 Å². The summed E-state index contributed by atoms with van der Waals surface area (Å²) in [5, 5.41) is 14.1. The van der Waals surface area contributed by atoms with Gasteiger partial charge in [-0.05, 0) is 23.1 Å². The Balaban J connectivity index is 1.87. The van der Waals surface area contributed by atoms with Crippen molar-refractivity contribution in [1.82, 2.24) is 5.32 Å². The van der Waals surface area contributed by atoms with Crippen molar-refractivity contribution in [3.05, 3.63) is 57.8 Å². The van der Waals surface area contributed by atoms with Gasteiger partial charge in [-0.15, -0.1) is 11.3 Å². The first-order valence-corrected chi connectivity index (χ1v) is 8.34. The van der Waals surface area contributed by atoms with Crippen LogP contribution in [0.4, 0.5) is 13.2 Å². The van der Waals surface area contributed by atoms with Gasteiger partial charge in [0.25, 0.3) is 0 Å². The van der Waals surface area contributed by atoms with Crippen LogP contribution < -0.4 is 5.32 Å². The Morgan fingerprint density at radius 1 is 1.12 bits per heavy atom. The highest BCUT2D eigenvalue weighted by molar-refractivity contribution is 7.12. The molecule has 0 bridgehead atoms. The van der Waals surface area contributed by atoms with Gasteiger partial charge in [0, 0.05) is 19.4 Å². The van der Waals surface area contributed by atoms with E-state index >= 15 is 0 Å². The average Bonchev–Trinajstić information content (AvgIpc) is 3.11. The Kier molecular flexibility index (Phi) is 6.33. The maximum absolute atomic E-state index is 12.9. The molecule has 25 heavy (non-hydrogen) atoms. The Morgan fingerprint density at radius 3 is 2.48 bits per heavy atom. The fraction of sp³-hybridized carbons (Fsp3) is 0.294. The highest BCUT2D eigenvalue weighted by atomic mass is 32.1. The number of amides is 1. The van der Waals surface area contributed by atoms with Crippen LogP contribution in [-0.4, -0.2) is 23.3 Å². The van der Waals surface area contributed by atoms with Crippen LogP contribution in [0.3, 0.4) is 0 Å². The third-order valence-corrected chi connectivity index (χ3v) is 4.40. The monoisotopic (exact) mass is 371 g/mol. The number of benzene rings is 1. The van der Waals surface area contributed by atoms with Crippen LogP contribution in [0.15, 0.2) is 41.8 Å². The molecule has 0 unspecified atom stereocenters. The number of rotatable bonds is 7.